The molecule has 0 saturated heterocycles. The summed E-state index contributed by atoms with van der Waals surface area (Å²) in [5.41, 5.74) is 6.13. The second-order valence-electron chi connectivity index (χ2n) is 9.61. The Labute approximate surface area is 179 Å². The van der Waals surface area contributed by atoms with Crippen molar-refractivity contribution in [3.63, 3.8) is 0 Å². The number of carbonyl (C=O) groups is 1. The zero-order valence-corrected chi connectivity index (χ0v) is 19.0. The maximum Gasteiger partial charge on any atom is 0.218 e. The molecule has 1 saturated carbocycles. The average Bonchev–Trinajstić information content (AvgIpc) is 2.66. The van der Waals surface area contributed by atoms with Crippen molar-refractivity contribution in [2.45, 2.75) is 64.7 Å². The lowest BCUT2D eigenvalue weighted by molar-refractivity contribution is -0.117. The first-order valence-electron chi connectivity index (χ1n) is 10.7. The van der Waals surface area contributed by atoms with E-state index >= 15 is 0 Å². The molecule has 1 aliphatic rings. The van der Waals surface area contributed by atoms with Gasteiger partial charge in [-0.05, 0) is 65.5 Å². The van der Waals surface area contributed by atoms with Crippen LogP contribution in [0.3, 0.4) is 0 Å². The second kappa shape index (κ2) is 8.96. The van der Waals surface area contributed by atoms with Gasteiger partial charge in [0.1, 0.15) is 5.75 Å². The number of hydrogen-bond donors (Lipinski definition) is 1. The first-order chi connectivity index (χ1) is 14.0. The molecule has 0 heterocycles. The van der Waals surface area contributed by atoms with Gasteiger partial charge in [-0.3, -0.25) is 4.79 Å². The zero-order valence-electron chi connectivity index (χ0n) is 18.2. The Bertz CT molecular complexity index is 1000. The molecule has 0 unspecified atom stereocenters. The summed E-state index contributed by atoms with van der Waals surface area (Å²) < 4.78 is 30.6. The van der Waals surface area contributed by atoms with Gasteiger partial charge < -0.3 is 10.5 Å². The van der Waals surface area contributed by atoms with E-state index in [2.05, 4.69) is 20.8 Å². The first-order valence-corrected chi connectivity index (χ1v) is 12.5. The van der Waals surface area contributed by atoms with Gasteiger partial charge in [-0.25, -0.2) is 8.42 Å². The summed E-state index contributed by atoms with van der Waals surface area (Å²) in [5.74, 6) is 0.711. The van der Waals surface area contributed by atoms with E-state index in [1.54, 1.807) is 0 Å². The molecule has 5 nitrogen and oxygen atoms in total. The van der Waals surface area contributed by atoms with Crippen molar-refractivity contribution in [2.24, 2.45) is 17.1 Å². The van der Waals surface area contributed by atoms with Crippen LogP contribution in [-0.4, -0.2) is 26.2 Å². The average molecular weight is 432 g/mol. The molecular weight excluding hydrogens is 398 g/mol. The van der Waals surface area contributed by atoms with E-state index in [1.165, 1.54) is 12.8 Å². The van der Waals surface area contributed by atoms with E-state index in [0.29, 0.717) is 11.0 Å². The smallest absolute Gasteiger partial charge is 0.218 e. The van der Waals surface area contributed by atoms with Crippen molar-refractivity contribution in [2.75, 3.05) is 5.75 Å². The fourth-order valence-electron chi connectivity index (χ4n) is 4.26. The molecule has 0 aliphatic heterocycles. The summed E-state index contributed by atoms with van der Waals surface area (Å²) in [4.78, 5) is 10.9. The van der Waals surface area contributed by atoms with E-state index in [4.69, 9.17) is 10.5 Å². The fraction of sp³-hybridized carbons (Fsp3) is 0.542. The van der Waals surface area contributed by atoms with Gasteiger partial charge in [-0.2, -0.15) is 0 Å². The van der Waals surface area contributed by atoms with Crippen molar-refractivity contribution in [1.29, 1.82) is 0 Å². The predicted molar refractivity (Wildman–Crippen MR) is 121 cm³/mol. The van der Waals surface area contributed by atoms with Gasteiger partial charge >= 0.3 is 0 Å². The minimum atomic E-state index is -3.37. The highest BCUT2D eigenvalue weighted by Gasteiger charge is 2.30. The van der Waals surface area contributed by atoms with Crippen LogP contribution in [0.4, 0.5) is 0 Å². The molecule has 2 aromatic carbocycles. The number of ether oxygens (including phenoxy) is 1. The number of rotatable bonds is 7. The quantitative estimate of drug-likeness (QED) is 0.693. The van der Waals surface area contributed by atoms with E-state index < -0.39 is 15.7 Å². The highest BCUT2D eigenvalue weighted by molar-refractivity contribution is 7.90. The SMILES string of the molecule is CC(C)(C)C1CCC(Oc2ccc3cc(CS(=O)(=O)CCC(N)=O)ccc3c2)CC1. The van der Waals surface area contributed by atoms with Gasteiger partial charge in [-0.1, -0.05) is 45.0 Å². The molecule has 6 heteroatoms. The van der Waals surface area contributed by atoms with Gasteiger partial charge in [0.25, 0.3) is 0 Å². The molecule has 1 fully saturated rings. The summed E-state index contributed by atoms with van der Waals surface area (Å²) in [6, 6.07) is 11.6. The largest absolute Gasteiger partial charge is 0.490 e. The standard InChI is InChI=1S/C24H33NO4S/c1-24(2,3)20-7-10-21(11-8-20)29-22-9-6-18-14-17(4-5-19(18)15-22)16-30(27,28)13-12-23(25)26/h4-6,9,14-15,20-21H,7-8,10-13,16H2,1-3H3,(H2,25,26). The summed E-state index contributed by atoms with van der Waals surface area (Å²) in [5, 5.41) is 2.00. The Kier molecular flexibility index (Phi) is 6.75. The lowest BCUT2D eigenvalue weighted by Gasteiger charge is -2.37. The van der Waals surface area contributed by atoms with Gasteiger partial charge in [0.05, 0.1) is 17.6 Å². The zero-order chi connectivity index (χ0) is 21.9. The van der Waals surface area contributed by atoms with Crippen molar-refractivity contribution in [1.82, 2.24) is 0 Å². The van der Waals surface area contributed by atoms with Crippen molar-refractivity contribution in [3.8, 4) is 5.75 Å². The molecule has 0 atom stereocenters. The molecular formula is C24H33NO4S. The normalized spacial score (nSPS) is 20.2. The number of sulfone groups is 1. The molecule has 0 bridgehead atoms. The molecule has 2 aromatic rings. The monoisotopic (exact) mass is 431 g/mol. The van der Waals surface area contributed by atoms with Crippen LogP contribution >= 0.6 is 0 Å². The third-order valence-corrected chi connectivity index (χ3v) is 7.72. The molecule has 0 radical (unpaired) electrons. The van der Waals surface area contributed by atoms with Gasteiger partial charge in [-0.15, -0.1) is 0 Å². The lowest BCUT2D eigenvalue weighted by atomic mass is 9.72. The maximum atomic E-state index is 12.2. The van der Waals surface area contributed by atoms with Crippen LogP contribution in [0.1, 0.15) is 58.4 Å². The molecule has 3 rings (SSSR count). The number of fused-ring (bicyclic) bond motifs is 1. The first kappa shape index (κ1) is 22.6. The molecule has 1 aliphatic carbocycles. The molecule has 30 heavy (non-hydrogen) atoms. The number of amides is 1. The number of hydrogen-bond acceptors (Lipinski definition) is 4. The minimum Gasteiger partial charge on any atom is -0.490 e. The van der Waals surface area contributed by atoms with Crippen LogP contribution in [0.25, 0.3) is 10.8 Å². The van der Waals surface area contributed by atoms with E-state index in [0.717, 1.165) is 35.3 Å². The third kappa shape index (κ3) is 6.21. The van der Waals surface area contributed by atoms with Crippen LogP contribution in [0.15, 0.2) is 36.4 Å². The Morgan fingerprint density at radius 1 is 1.03 bits per heavy atom. The summed E-state index contributed by atoms with van der Waals surface area (Å²) in [6.45, 7) is 6.96. The minimum absolute atomic E-state index is 0.0918. The number of nitrogens with two attached hydrogens (primary N) is 1. The van der Waals surface area contributed by atoms with E-state index in [1.807, 2.05) is 36.4 Å². The van der Waals surface area contributed by atoms with Crippen LogP contribution < -0.4 is 10.5 Å². The summed E-state index contributed by atoms with van der Waals surface area (Å²) >= 11 is 0. The molecule has 1 amide bonds. The van der Waals surface area contributed by atoms with E-state index in [9.17, 15) is 13.2 Å². The van der Waals surface area contributed by atoms with Crippen molar-refractivity contribution >= 4 is 26.5 Å². The Hall–Kier alpha value is -2.08. The number of carbonyl (C=O) groups excluding carboxylic acids is 1. The van der Waals surface area contributed by atoms with Crippen LogP contribution in [0.2, 0.25) is 0 Å². The predicted octanol–water partition coefficient (Wildman–Crippen LogP) is 4.61. The van der Waals surface area contributed by atoms with Crippen LogP contribution in [0, 0.1) is 11.3 Å². The summed E-state index contributed by atoms with van der Waals surface area (Å²) in [7, 11) is -3.37. The molecule has 0 aromatic heterocycles. The Morgan fingerprint density at radius 3 is 2.30 bits per heavy atom. The lowest BCUT2D eigenvalue weighted by Crippen LogP contribution is -2.30. The van der Waals surface area contributed by atoms with Crippen molar-refractivity contribution in [3.05, 3.63) is 42.0 Å². The highest BCUT2D eigenvalue weighted by atomic mass is 32.2. The number of benzene rings is 2. The van der Waals surface area contributed by atoms with Gasteiger partial charge in [0.15, 0.2) is 9.84 Å². The Morgan fingerprint density at radius 2 is 1.67 bits per heavy atom. The summed E-state index contributed by atoms with van der Waals surface area (Å²) in [6.07, 6.45) is 4.69. The number of primary amides is 1. The van der Waals surface area contributed by atoms with Crippen molar-refractivity contribution < 1.29 is 17.9 Å². The second-order valence-corrected chi connectivity index (χ2v) is 11.8. The maximum absolute atomic E-state index is 12.2. The topological polar surface area (TPSA) is 86.5 Å². The molecule has 0 spiro atoms. The van der Waals surface area contributed by atoms with E-state index in [-0.39, 0.29) is 24.0 Å². The Balaban J connectivity index is 1.64. The molecule has 2 N–H and O–H groups in total. The van der Waals surface area contributed by atoms with Crippen LogP contribution in [-0.2, 0) is 20.4 Å². The highest BCUT2D eigenvalue weighted by Crippen LogP contribution is 2.39. The van der Waals surface area contributed by atoms with Crippen LogP contribution in [0.5, 0.6) is 5.75 Å². The third-order valence-electron chi connectivity index (χ3n) is 6.12. The molecule has 164 valence electrons. The fourth-order valence-corrected chi connectivity index (χ4v) is 5.60. The van der Waals surface area contributed by atoms with Gasteiger partial charge in [0, 0.05) is 6.42 Å². The van der Waals surface area contributed by atoms with Gasteiger partial charge in [0.2, 0.25) is 5.91 Å².